The van der Waals surface area contributed by atoms with Gasteiger partial charge in [0.25, 0.3) is 0 Å². The van der Waals surface area contributed by atoms with E-state index in [2.05, 4.69) is 130 Å². The van der Waals surface area contributed by atoms with E-state index in [1.54, 1.807) is 0 Å². The highest BCUT2D eigenvalue weighted by Crippen LogP contribution is 2.13. The molecule has 0 saturated heterocycles. The summed E-state index contributed by atoms with van der Waals surface area (Å²) in [6.45, 7) is 6.44. The zero-order valence-corrected chi connectivity index (χ0v) is 45.5. The minimum absolute atomic E-state index is 0.104. The molecule has 0 amide bonds. The Morgan fingerprint density at radius 1 is 0.300 bits per heavy atom. The minimum Gasteiger partial charge on any atom is -0.462 e. The van der Waals surface area contributed by atoms with E-state index in [0.29, 0.717) is 19.3 Å². The van der Waals surface area contributed by atoms with Crippen molar-refractivity contribution in [1.82, 2.24) is 0 Å². The largest absolute Gasteiger partial charge is 0.462 e. The Labute approximate surface area is 431 Å². The highest BCUT2D eigenvalue weighted by atomic mass is 16.6. The molecule has 70 heavy (non-hydrogen) atoms. The van der Waals surface area contributed by atoms with Crippen LogP contribution in [0.3, 0.4) is 0 Å². The number of esters is 3. The van der Waals surface area contributed by atoms with E-state index in [-0.39, 0.29) is 31.1 Å². The smallest absolute Gasteiger partial charge is 0.306 e. The third-order valence-corrected chi connectivity index (χ3v) is 12.0. The Balaban J connectivity index is 4.51. The Bertz CT molecular complexity index is 1440. The van der Waals surface area contributed by atoms with Crippen LogP contribution in [-0.2, 0) is 28.6 Å². The molecule has 6 nitrogen and oxygen atoms in total. The number of unbranched alkanes of at least 4 members (excludes halogenated alkanes) is 22. The molecule has 0 spiro atoms. The third kappa shape index (κ3) is 55.0. The van der Waals surface area contributed by atoms with Crippen LogP contribution in [0.15, 0.2) is 109 Å². The second-order valence-electron chi connectivity index (χ2n) is 18.8. The summed E-state index contributed by atoms with van der Waals surface area (Å²) >= 11 is 0. The van der Waals surface area contributed by atoms with Gasteiger partial charge in [0, 0.05) is 19.3 Å². The van der Waals surface area contributed by atoms with E-state index in [1.807, 2.05) is 0 Å². The van der Waals surface area contributed by atoms with E-state index in [9.17, 15) is 14.4 Å². The lowest BCUT2D eigenvalue weighted by atomic mass is 10.1. The van der Waals surface area contributed by atoms with Crippen LogP contribution in [0.2, 0.25) is 0 Å². The van der Waals surface area contributed by atoms with Crippen molar-refractivity contribution in [1.29, 1.82) is 0 Å². The van der Waals surface area contributed by atoms with Gasteiger partial charge in [-0.1, -0.05) is 220 Å². The molecule has 0 aliphatic rings. The van der Waals surface area contributed by atoms with Crippen LogP contribution in [0.4, 0.5) is 0 Å². The normalized spacial score (nSPS) is 12.9. The molecule has 0 heterocycles. The summed E-state index contributed by atoms with van der Waals surface area (Å²) < 4.78 is 16.8. The Hall–Kier alpha value is -3.93. The second kappa shape index (κ2) is 57.6. The number of ether oxygens (including phenoxy) is 3. The average molecular weight is 972 g/mol. The maximum Gasteiger partial charge on any atom is 0.306 e. The first-order valence-electron chi connectivity index (χ1n) is 28.9. The fourth-order valence-corrected chi connectivity index (χ4v) is 7.65. The topological polar surface area (TPSA) is 78.9 Å². The number of hydrogen-bond acceptors (Lipinski definition) is 6. The lowest BCUT2D eigenvalue weighted by Gasteiger charge is -2.18. The summed E-state index contributed by atoms with van der Waals surface area (Å²) in [7, 11) is 0. The minimum atomic E-state index is -0.810. The number of rotatable bonds is 51. The zero-order valence-electron chi connectivity index (χ0n) is 45.5. The van der Waals surface area contributed by atoms with Gasteiger partial charge in [-0.2, -0.15) is 0 Å². The van der Waals surface area contributed by atoms with E-state index in [0.717, 1.165) is 135 Å². The Morgan fingerprint density at radius 2 is 0.557 bits per heavy atom. The van der Waals surface area contributed by atoms with Crippen molar-refractivity contribution in [2.45, 2.75) is 264 Å². The van der Waals surface area contributed by atoms with Crippen LogP contribution in [0.5, 0.6) is 0 Å². The van der Waals surface area contributed by atoms with E-state index < -0.39 is 6.10 Å². The van der Waals surface area contributed by atoms with Gasteiger partial charge in [-0.05, 0) is 128 Å². The van der Waals surface area contributed by atoms with E-state index in [1.165, 1.54) is 83.5 Å². The van der Waals surface area contributed by atoms with Gasteiger partial charge in [0.05, 0.1) is 0 Å². The van der Waals surface area contributed by atoms with Gasteiger partial charge in [0.2, 0.25) is 0 Å². The number of carbonyl (C=O) groups is 3. The number of hydrogen-bond donors (Lipinski definition) is 0. The molecule has 0 aromatic heterocycles. The van der Waals surface area contributed by atoms with Gasteiger partial charge >= 0.3 is 17.9 Å². The van der Waals surface area contributed by atoms with Crippen LogP contribution < -0.4 is 0 Å². The predicted octanol–water partition coefficient (Wildman–Crippen LogP) is 19.5. The molecular formula is C64H106O6. The zero-order chi connectivity index (χ0) is 50.7. The summed E-state index contributed by atoms with van der Waals surface area (Å²) in [5.74, 6) is -0.966. The third-order valence-electron chi connectivity index (χ3n) is 12.0. The summed E-state index contributed by atoms with van der Waals surface area (Å²) in [6.07, 6.45) is 77.9. The lowest BCUT2D eigenvalue weighted by molar-refractivity contribution is -0.167. The van der Waals surface area contributed by atoms with Gasteiger partial charge in [0.1, 0.15) is 13.2 Å². The summed E-state index contributed by atoms with van der Waals surface area (Å²) in [6, 6.07) is 0. The molecule has 0 unspecified atom stereocenters. The summed E-state index contributed by atoms with van der Waals surface area (Å²) in [5.41, 5.74) is 0. The van der Waals surface area contributed by atoms with Crippen molar-refractivity contribution in [2.75, 3.05) is 13.2 Å². The molecule has 0 aromatic carbocycles. The van der Waals surface area contributed by atoms with Crippen molar-refractivity contribution < 1.29 is 28.6 Å². The molecule has 0 rings (SSSR count). The van der Waals surface area contributed by atoms with Crippen molar-refractivity contribution >= 4 is 17.9 Å². The molecule has 398 valence electrons. The molecule has 0 bridgehead atoms. The molecule has 1 atom stereocenters. The Kier molecular flexibility index (Phi) is 54.4. The fourth-order valence-electron chi connectivity index (χ4n) is 7.65. The maximum absolute atomic E-state index is 12.9. The van der Waals surface area contributed by atoms with Crippen molar-refractivity contribution in [3.8, 4) is 0 Å². The first-order valence-corrected chi connectivity index (χ1v) is 28.9. The molecule has 0 fully saturated rings. The number of allylic oxidation sites excluding steroid dienone is 18. The molecule has 0 N–H and O–H groups in total. The van der Waals surface area contributed by atoms with Crippen molar-refractivity contribution in [3.05, 3.63) is 109 Å². The summed E-state index contributed by atoms with van der Waals surface area (Å²) in [4.78, 5) is 38.2. The first-order chi connectivity index (χ1) is 34.5. The molecular weight excluding hydrogens is 865 g/mol. The van der Waals surface area contributed by atoms with Gasteiger partial charge in [-0.3, -0.25) is 14.4 Å². The quantitative estimate of drug-likeness (QED) is 0.0262. The Morgan fingerprint density at radius 3 is 0.929 bits per heavy atom. The molecule has 6 heteroatoms. The molecule has 0 aliphatic carbocycles. The molecule has 0 radical (unpaired) electrons. The fraction of sp³-hybridized carbons (Fsp3) is 0.672. The van der Waals surface area contributed by atoms with Crippen LogP contribution in [0, 0.1) is 0 Å². The van der Waals surface area contributed by atoms with Crippen molar-refractivity contribution in [2.24, 2.45) is 0 Å². The average Bonchev–Trinajstić information content (AvgIpc) is 3.36. The van der Waals surface area contributed by atoms with Gasteiger partial charge in [-0.15, -0.1) is 0 Å². The van der Waals surface area contributed by atoms with Crippen LogP contribution in [-0.4, -0.2) is 37.2 Å². The van der Waals surface area contributed by atoms with Crippen molar-refractivity contribution in [3.63, 3.8) is 0 Å². The highest BCUT2D eigenvalue weighted by molar-refractivity contribution is 5.71. The van der Waals surface area contributed by atoms with Gasteiger partial charge in [-0.25, -0.2) is 0 Å². The lowest BCUT2D eigenvalue weighted by Crippen LogP contribution is -2.30. The molecule has 0 saturated carbocycles. The monoisotopic (exact) mass is 971 g/mol. The van der Waals surface area contributed by atoms with Crippen LogP contribution in [0.1, 0.15) is 258 Å². The molecule has 0 aromatic rings. The second-order valence-corrected chi connectivity index (χ2v) is 18.8. The maximum atomic E-state index is 12.9. The van der Waals surface area contributed by atoms with E-state index in [4.69, 9.17) is 14.2 Å². The SMILES string of the molecule is CC/C=C\C/C=C\C/C=C\C/C=C\C/C=C\CCCCCC(=O)OC[C@@H](COC(=O)CCCCCCC/C=C\CCCCCCCCC)OC(=O)CCCCCC/C=C\C/C=C\C/C=C\CCCCC. The highest BCUT2D eigenvalue weighted by Gasteiger charge is 2.19. The summed E-state index contributed by atoms with van der Waals surface area (Å²) in [5, 5.41) is 0. The number of carbonyl (C=O) groups excluding carboxylic acids is 3. The van der Waals surface area contributed by atoms with E-state index >= 15 is 0 Å². The standard InChI is InChI=1S/C64H106O6/c1-4-7-10-13-16-19-22-25-28-31-32-34-36-39-42-45-48-51-54-57-63(66)69-60-61(59-68-62(65)56-53-50-47-44-41-38-35-30-27-24-21-18-15-12-9-6-3)70-64(67)58-55-52-49-46-43-40-37-33-29-26-23-20-17-14-11-8-5-2/h7,10,16-17,19-20,25-26,28-30,32,34-35,37,39-40,42,61H,4-6,8-9,11-15,18,21-24,27,31,33,36,38,41,43-60H2,1-3H3/b10-7-,19-16-,20-17-,28-25-,29-26-,34-32-,35-30-,40-37-,42-39-/t61-/m1/s1. The van der Waals surface area contributed by atoms with Gasteiger partial charge < -0.3 is 14.2 Å². The predicted molar refractivity (Wildman–Crippen MR) is 302 cm³/mol. The first kappa shape index (κ1) is 66.1. The van der Waals surface area contributed by atoms with Crippen LogP contribution in [0.25, 0.3) is 0 Å². The molecule has 0 aliphatic heterocycles. The van der Waals surface area contributed by atoms with Crippen LogP contribution >= 0.6 is 0 Å². The van der Waals surface area contributed by atoms with Gasteiger partial charge in [0.15, 0.2) is 6.10 Å².